The molecule has 0 aliphatic carbocycles. The van der Waals surface area contributed by atoms with Crippen molar-refractivity contribution >= 4 is 0 Å². The molecular formula is C9H21NO. The highest BCUT2D eigenvalue weighted by Crippen LogP contribution is 2.18. The molecule has 0 aliphatic rings. The fourth-order valence-corrected chi connectivity index (χ4v) is 1.48. The average Bonchev–Trinajstić information content (AvgIpc) is 1.87. The van der Waals surface area contributed by atoms with Crippen molar-refractivity contribution in [1.82, 2.24) is 5.32 Å². The second-order valence-corrected chi connectivity index (χ2v) is 3.88. The van der Waals surface area contributed by atoms with Gasteiger partial charge in [-0.3, -0.25) is 0 Å². The van der Waals surface area contributed by atoms with Gasteiger partial charge in [0.15, 0.2) is 0 Å². The minimum absolute atomic E-state index is 0.114. The second-order valence-electron chi connectivity index (χ2n) is 3.88. The summed E-state index contributed by atoms with van der Waals surface area (Å²) < 4.78 is 0. The summed E-state index contributed by atoms with van der Waals surface area (Å²) in [7, 11) is 1.96. The Morgan fingerprint density at radius 1 is 1.45 bits per heavy atom. The van der Waals surface area contributed by atoms with Crippen molar-refractivity contribution in [3.8, 4) is 0 Å². The first-order chi connectivity index (χ1) is 5.04. The summed E-state index contributed by atoms with van der Waals surface area (Å²) in [5.41, 5.74) is 0.114. The molecule has 0 heterocycles. The highest BCUT2D eigenvalue weighted by atomic mass is 16.3. The molecule has 2 nitrogen and oxygen atoms in total. The molecule has 0 saturated carbocycles. The maximum atomic E-state index is 8.81. The number of aliphatic hydroxyl groups excluding tert-OH is 1. The molecule has 0 radical (unpaired) electrons. The third kappa shape index (κ3) is 4.38. The average molecular weight is 159 g/mol. The molecule has 0 aromatic carbocycles. The van der Waals surface area contributed by atoms with E-state index in [4.69, 9.17) is 5.11 Å². The van der Waals surface area contributed by atoms with Crippen LogP contribution in [-0.2, 0) is 0 Å². The largest absolute Gasteiger partial charge is 0.396 e. The van der Waals surface area contributed by atoms with E-state index in [2.05, 4.69) is 26.1 Å². The van der Waals surface area contributed by atoms with E-state index in [-0.39, 0.29) is 12.1 Å². The Hall–Kier alpha value is -0.0800. The molecule has 0 bridgehead atoms. The van der Waals surface area contributed by atoms with Crippen LogP contribution in [0.4, 0.5) is 0 Å². The fourth-order valence-electron chi connectivity index (χ4n) is 1.48. The van der Waals surface area contributed by atoms with Gasteiger partial charge in [0, 0.05) is 12.1 Å². The molecular weight excluding hydrogens is 138 g/mol. The molecule has 0 amide bonds. The van der Waals surface area contributed by atoms with Gasteiger partial charge >= 0.3 is 0 Å². The SMILES string of the molecule is CNC(C)(CCO)CC(C)C. The van der Waals surface area contributed by atoms with Crippen molar-refractivity contribution in [1.29, 1.82) is 0 Å². The summed E-state index contributed by atoms with van der Waals surface area (Å²) in [5.74, 6) is 0.680. The zero-order chi connectivity index (χ0) is 8.91. The van der Waals surface area contributed by atoms with Crippen LogP contribution < -0.4 is 5.32 Å². The molecule has 0 rings (SSSR count). The van der Waals surface area contributed by atoms with Gasteiger partial charge in [-0.1, -0.05) is 13.8 Å². The summed E-state index contributed by atoms with van der Waals surface area (Å²) in [5, 5.41) is 12.1. The van der Waals surface area contributed by atoms with E-state index in [1.807, 2.05) is 7.05 Å². The number of nitrogens with one attached hydrogen (secondary N) is 1. The van der Waals surface area contributed by atoms with Gasteiger partial charge in [0.1, 0.15) is 0 Å². The van der Waals surface area contributed by atoms with Crippen LogP contribution in [-0.4, -0.2) is 24.3 Å². The standard InChI is InChI=1S/C9H21NO/c1-8(2)7-9(3,10-4)5-6-11/h8,10-11H,5-7H2,1-4H3. The van der Waals surface area contributed by atoms with Gasteiger partial charge in [-0.2, -0.15) is 0 Å². The van der Waals surface area contributed by atoms with Gasteiger partial charge < -0.3 is 10.4 Å². The number of aliphatic hydroxyl groups is 1. The van der Waals surface area contributed by atoms with Gasteiger partial charge in [0.05, 0.1) is 0 Å². The summed E-state index contributed by atoms with van der Waals surface area (Å²) in [6.07, 6.45) is 1.95. The van der Waals surface area contributed by atoms with Crippen molar-refractivity contribution in [2.45, 2.75) is 39.2 Å². The van der Waals surface area contributed by atoms with Crippen LogP contribution in [0.3, 0.4) is 0 Å². The van der Waals surface area contributed by atoms with Gasteiger partial charge in [-0.25, -0.2) is 0 Å². The Morgan fingerprint density at radius 3 is 2.27 bits per heavy atom. The Labute approximate surface area is 70.0 Å². The van der Waals surface area contributed by atoms with Gasteiger partial charge in [0.2, 0.25) is 0 Å². The van der Waals surface area contributed by atoms with E-state index in [1.54, 1.807) is 0 Å². The minimum atomic E-state index is 0.114. The summed E-state index contributed by atoms with van der Waals surface area (Å²) >= 11 is 0. The first kappa shape index (κ1) is 10.9. The van der Waals surface area contributed by atoms with E-state index < -0.39 is 0 Å². The quantitative estimate of drug-likeness (QED) is 0.635. The predicted molar refractivity (Wildman–Crippen MR) is 48.6 cm³/mol. The lowest BCUT2D eigenvalue weighted by Crippen LogP contribution is -2.41. The molecule has 0 fully saturated rings. The van der Waals surface area contributed by atoms with Crippen molar-refractivity contribution in [2.24, 2.45) is 5.92 Å². The maximum absolute atomic E-state index is 8.81. The van der Waals surface area contributed by atoms with E-state index in [0.717, 1.165) is 12.8 Å². The lowest BCUT2D eigenvalue weighted by Gasteiger charge is -2.30. The first-order valence-corrected chi connectivity index (χ1v) is 4.34. The molecule has 68 valence electrons. The lowest BCUT2D eigenvalue weighted by molar-refractivity contribution is 0.206. The summed E-state index contributed by atoms with van der Waals surface area (Å²) in [4.78, 5) is 0. The van der Waals surface area contributed by atoms with E-state index >= 15 is 0 Å². The van der Waals surface area contributed by atoms with Crippen molar-refractivity contribution < 1.29 is 5.11 Å². The normalized spacial score (nSPS) is 16.9. The molecule has 2 heteroatoms. The van der Waals surface area contributed by atoms with E-state index in [9.17, 15) is 0 Å². The lowest BCUT2D eigenvalue weighted by atomic mass is 9.88. The minimum Gasteiger partial charge on any atom is -0.396 e. The smallest absolute Gasteiger partial charge is 0.0448 e. The second kappa shape index (κ2) is 4.73. The monoisotopic (exact) mass is 159 g/mol. The maximum Gasteiger partial charge on any atom is 0.0448 e. The fraction of sp³-hybridized carbons (Fsp3) is 1.00. The van der Waals surface area contributed by atoms with Gasteiger partial charge in [-0.15, -0.1) is 0 Å². The zero-order valence-electron chi connectivity index (χ0n) is 8.15. The topological polar surface area (TPSA) is 32.3 Å². The van der Waals surface area contributed by atoms with E-state index in [1.165, 1.54) is 0 Å². The Bertz CT molecular complexity index is 104. The molecule has 11 heavy (non-hydrogen) atoms. The summed E-state index contributed by atoms with van der Waals surface area (Å²) in [6, 6.07) is 0. The van der Waals surface area contributed by atoms with Gasteiger partial charge in [-0.05, 0) is 32.7 Å². The molecule has 1 unspecified atom stereocenters. The van der Waals surface area contributed by atoms with Crippen molar-refractivity contribution in [3.63, 3.8) is 0 Å². The molecule has 0 aliphatic heterocycles. The zero-order valence-corrected chi connectivity index (χ0v) is 8.15. The number of hydrogen-bond donors (Lipinski definition) is 2. The van der Waals surface area contributed by atoms with Crippen molar-refractivity contribution in [3.05, 3.63) is 0 Å². The molecule has 0 spiro atoms. The van der Waals surface area contributed by atoms with Crippen LogP contribution in [0.25, 0.3) is 0 Å². The third-order valence-corrected chi connectivity index (χ3v) is 2.13. The Kier molecular flexibility index (Phi) is 4.69. The van der Waals surface area contributed by atoms with Crippen LogP contribution in [0.1, 0.15) is 33.6 Å². The Balaban J connectivity index is 3.87. The summed E-state index contributed by atoms with van der Waals surface area (Å²) in [6.45, 7) is 6.83. The van der Waals surface area contributed by atoms with Crippen LogP contribution in [0.2, 0.25) is 0 Å². The first-order valence-electron chi connectivity index (χ1n) is 4.34. The molecule has 0 saturated heterocycles. The third-order valence-electron chi connectivity index (χ3n) is 2.13. The van der Waals surface area contributed by atoms with Crippen LogP contribution >= 0.6 is 0 Å². The highest BCUT2D eigenvalue weighted by Gasteiger charge is 2.21. The Morgan fingerprint density at radius 2 is 2.00 bits per heavy atom. The van der Waals surface area contributed by atoms with Crippen LogP contribution in [0.15, 0.2) is 0 Å². The van der Waals surface area contributed by atoms with Crippen LogP contribution in [0, 0.1) is 5.92 Å². The van der Waals surface area contributed by atoms with Gasteiger partial charge in [0.25, 0.3) is 0 Å². The molecule has 0 aromatic heterocycles. The molecule has 1 atom stereocenters. The number of rotatable bonds is 5. The van der Waals surface area contributed by atoms with Crippen LogP contribution in [0.5, 0.6) is 0 Å². The molecule has 0 aromatic rings. The molecule has 2 N–H and O–H groups in total. The predicted octanol–water partition coefficient (Wildman–Crippen LogP) is 1.39. The van der Waals surface area contributed by atoms with E-state index in [0.29, 0.717) is 5.92 Å². The highest BCUT2D eigenvalue weighted by molar-refractivity contribution is 4.81. The number of hydrogen-bond acceptors (Lipinski definition) is 2. The van der Waals surface area contributed by atoms with Crippen molar-refractivity contribution in [2.75, 3.05) is 13.7 Å².